The Balaban J connectivity index is 2.10. The summed E-state index contributed by atoms with van der Waals surface area (Å²) in [6.45, 7) is 6.58. The second kappa shape index (κ2) is 5.72. The lowest BCUT2D eigenvalue weighted by atomic mass is 9.87. The highest BCUT2D eigenvalue weighted by Gasteiger charge is 2.13. The fourth-order valence-electron chi connectivity index (χ4n) is 1.61. The summed E-state index contributed by atoms with van der Waals surface area (Å²) >= 11 is 1.52. The van der Waals surface area contributed by atoms with Crippen LogP contribution < -0.4 is 0 Å². The lowest BCUT2D eigenvalue weighted by Crippen LogP contribution is -2.10. The van der Waals surface area contributed by atoms with E-state index >= 15 is 0 Å². The summed E-state index contributed by atoms with van der Waals surface area (Å²) in [4.78, 5) is 9.53. The minimum atomic E-state index is -0.0226. The zero-order chi connectivity index (χ0) is 13.9. The lowest BCUT2D eigenvalue weighted by molar-refractivity contribution is 0.280. The number of rotatable bonds is 3. The standard InChI is InChI=1S/C15H18N2OS/c1-15(2,3)12-4-6-13(7-5-12)19-14-16-8-11(10-18)9-17-14/h4-9,18H,10H2,1-3H3. The van der Waals surface area contributed by atoms with E-state index in [2.05, 4.69) is 55.0 Å². The molecule has 0 bridgehead atoms. The first kappa shape index (κ1) is 14.0. The fourth-order valence-corrected chi connectivity index (χ4v) is 2.30. The van der Waals surface area contributed by atoms with Crippen LogP contribution in [0.2, 0.25) is 0 Å². The molecule has 0 amide bonds. The first-order valence-electron chi connectivity index (χ1n) is 6.19. The lowest BCUT2D eigenvalue weighted by Gasteiger charge is -2.18. The van der Waals surface area contributed by atoms with E-state index in [1.807, 2.05) is 0 Å². The largest absolute Gasteiger partial charge is 0.392 e. The van der Waals surface area contributed by atoms with Crippen molar-refractivity contribution in [2.75, 3.05) is 0 Å². The van der Waals surface area contributed by atoms with Crippen LogP contribution in [0.15, 0.2) is 46.7 Å². The van der Waals surface area contributed by atoms with Crippen molar-refractivity contribution in [1.82, 2.24) is 9.97 Å². The Labute approximate surface area is 118 Å². The van der Waals surface area contributed by atoms with Gasteiger partial charge in [-0.2, -0.15) is 0 Å². The van der Waals surface area contributed by atoms with Crippen molar-refractivity contribution in [3.05, 3.63) is 47.8 Å². The van der Waals surface area contributed by atoms with Gasteiger partial charge in [-0.25, -0.2) is 9.97 Å². The predicted molar refractivity (Wildman–Crippen MR) is 77.2 cm³/mol. The van der Waals surface area contributed by atoms with Gasteiger partial charge >= 0.3 is 0 Å². The Morgan fingerprint density at radius 1 is 1.05 bits per heavy atom. The highest BCUT2D eigenvalue weighted by Crippen LogP contribution is 2.28. The molecule has 19 heavy (non-hydrogen) atoms. The molecule has 0 atom stereocenters. The molecule has 100 valence electrons. The quantitative estimate of drug-likeness (QED) is 0.871. The first-order chi connectivity index (χ1) is 8.99. The SMILES string of the molecule is CC(C)(C)c1ccc(Sc2ncc(CO)cn2)cc1. The van der Waals surface area contributed by atoms with Crippen LogP contribution in [0.3, 0.4) is 0 Å². The van der Waals surface area contributed by atoms with Crippen molar-refractivity contribution in [3.8, 4) is 0 Å². The highest BCUT2D eigenvalue weighted by atomic mass is 32.2. The summed E-state index contributed by atoms with van der Waals surface area (Å²) in [7, 11) is 0. The number of nitrogens with zero attached hydrogens (tertiary/aromatic N) is 2. The van der Waals surface area contributed by atoms with Gasteiger partial charge in [0.05, 0.1) is 6.61 Å². The van der Waals surface area contributed by atoms with E-state index in [9.17, 15) is 0 Å². The molecule has 0 aliphatic heterocycles. The van der Waals surface area contributed by atoms with Gasteiger partial charge in [0.25, 0.3) is 0 Å². The minimum Gasteiger partial charge on any atom is -0.392 e. The van der Waals surface area contributed by atoms with Crippen molar-refractivity contribution >= 4 is 11.8 Å². The predicted octanol–water partition coefficient (Wildman–Crippen LogP) is 3.42. The Bertz CT molecular complexity index is 530. The number of aliphatic hydroxyl groups is 1. The topological polar surface area (TPSA) is 46.0 Å². The maximum Gasteiger partial charge on any atom is 0.192 e. The van der Waals surface area contributed by atoms with Gasteiger partial charge in [-0.3, -0.25) is 0 Å². The number of hydrogen-bond acceptors (Lipinski definition) is 4. The van der Waals surface area contributed by atoms with Crippen molar-refractivity contribution in [2.45, 2.75) is 42.8 Å². The van der Waals surface area contributed by atoms with Crippen LogP contribution in [0, 0.1) is 0 Å². The van der Waals surface area contributed by atoms with Crippen molar-refractivity contribution in [2.24, 2.45) is 0 Å². The van der Waals surface area contributed by atoms with Crippen LogP contribution in [0.1, 0.15) is 31.9 Å². The van der Waals surface area contributed by atoms with Crippen LogP contribution in [0.25, 0.3) is 0 Å². The molecule has 2 aromatic rings. The van der Waals surface area contributed by atoms with E-state index in [0.29, 0.717) is 5.16 Å². The van der Waals surface area contributed by atoms with E-state index < -0.39 is 0 Å². The Morgan fingerprint density at radius 2 is 1.63 bits per heavy atom. The van der Waals surface area contributed by atoms with Crippen LogP contribution in [0.5, 0.6) is 0 Å². The average molecular weight is 274 g/mol. The van der Waals surface area contributed by atoms with Gasteiger partial charge in [0.1, 0.15) is 0 Å². The average Bonchev–Trinajstić information content (AvgIpc) is 2.39. The molecular weight excluding hydrogens is 256 g/mol. The minimum absolute atomic E-state index is 0.0226. The third-order valence-electron chi connectivity index (χ3n) is 2.79. The molecule has 1 aromatic carbocycles. The molecule has 1 heterocycles. The highest BCUT2D eigenvalue weighted by molar-refractivity contribution is 7.99. The van der Waals surface area contributed by atoms with E-state index in [0.717, 1.165) is 10.5 Å². The molecular formula is C15H18N2OS. The van der Waals surface area contributed by atoms with Gasteiger partial charge in [-0.05, 0) is 34.9 Å². The normalized spacial score (nSPS) is 11.6. The summed E-state index contributed by atoms with van der Waals surface area (Å²) in [6, 6.07) is 8.47. The maximum absolute atomic E-state index is 8.94. The number of aliphatic hydroxyl groups excluding tert-OH is 1. The Morgan fingerprint density at radius 3 is 2.11 bits per heavy atom. The Hall–Kier alpha value is -1.39. The number of aromatic nitrogens is 2. The van der Waals surface area contributed by atoms with Crippen LogP contribution in [-0.4, -0.2) is 15.1 Å². The van der Waals surface area contributed by atoms with Gasteiger partial charge in [-0.15, -0.1) is 0 Å². The van der Waals surface area contributed by atoms with Crippen molar-refractivity contribution in [1.29, 1.82) is 0 Å². The molecule has 0 spiro atoms. The zero-order valence-electron chi connectivity index (χ0n) is 11.4. The fraction of sp³-hybridized carbons (Fsp3) is 0.333. The summed E-state index contributed by atoms with van der Waals surface area (Å²) in [5.74, 6) is 0. The van der Waals surface area contributed by atoms with Crippen molar-refractivity contribution < 1.29 is 5.11 Å². The van der Waals surface area contributed by atoms with Gasteiger partial charge in [0.2, 0.25) is 0 Å². The van der Waals surface area contributed by atoms with Gasteiger partial charge in [0, 0.05) is 22.9 Å². The molecule has 0 unspecified atom stereocenters. The molecule has 0 saturated carbocycles. The number of benzene rings is 1. The summed E-state index contributed by atoms with van der Waals surface area (Å²) in [6.07, 6.45) is 3.30. The first-order valence-corrected chi connectivity index (χ1v) is 7.01. The van der Waals surface area contributed by atoms with E-state index in [4.69, 9.17) is 5.11 Å². The molecule has 0 fully saturated rings. The van der Waals surface area contributed by atoms with Crippen LogP contribution in [0.4, 0.5) is 0 Å². The molecule has 0 radical (unpaired) electrons. The van der Waals surface area contributed by atoms with Crippen LogP contribution in [-0.2, 0) is 12.0 Å². The summed E-state index contributed by atoms with van der Waals surface area (Å²) in [5, 5.41) is 9.63. The maximum atomic E-state index is 8.94. The van der Waals surface area contributed by atoms with E-state index in [-0.39, 0.29) is 12.0 Å². The molecule has 0 saturated heterocycles. The smallest absolute Gasteiger partial charge is 0.192 e. The summed E-state index contributed by atoms with van der Waals surface area (Å²) in [5.41, 5.74) is 2.21. The molecule has 1 N–H and O–H groups in total. The van der Waals surface area contributed by atoms with E-state index in [1.54, 1.807) is 12.4 Å². The monoisotopic (exact) mass is 274 g/mol. The third-order valence-corrected chi connectivity index (χ3v) is 3.69. The second-order valence-electron chi connectivity index (χ2n) is 5.41. The van der Waals surface area contributed by atoms with Gasteiger partial charge < -0.3 is 5.11 Å². The second-order valence-corrected chi connectivity index (χ2v) is 6.45. The summed E-state index contributed by atoms with van der Waals surface area (Å²) < 4.78 is 0. The molecule has 0 aliphatic rings. The number of hydrogen-bond donors (Lipinski definition) is 1. The Kier molecular flexibility index (Phi) is 4.22. The van der Waals surface area contributed by atoms with Gasteiger partial charge in [-0.1, -0.05) is 32.9 Å². The van der Waals surface area contributed by atoms with Gasteiger partial charge in [0.15, 0.2) is 5.16 Å². The molecule has 0 aliphatic carbocycles. The molecule has 3 nitrogen and oxygen atoms in total. The zero-order valence-corrected chi connectivity index (χ0v) is 12.2. The molecule has 1 aromatic heterocycles. The van der Waals surface area contributed by atoms with Crippen molar-refractivity contribution in [3.63, 3.8) is 0 Å². The van der Waals surface area contributed by atoms with E-state index in [1.165, 1.54) is 17.3 Å². The third kappa shape index (κ3) is 3.78. The molecule has 4 heteroatoms. The van der Waals surface area contributed by atoms with Crippen LogP contribution >= 0.6 is 11.8 Å². The molecule has 2 rings (SSSR count).